The number of carbonyl (C=O) groups is 2. The van der Waals surface area contributed by atoms with Crippen LogP contribution in [0, 0.1) is 11.8 Å². The Morgan fingerprint density at radius 2 is 2.06 bits per heavy atom. The van der Waals surface area contributed by atoms with Gasteiger partial charge in [-0.15, -0.1) is 11.6 Å². The maximum Gasteiger partial charge on any atom is 0.268 e. The van der Waals surface area contributed by atoms with Crippen molar-refractivity contribution < 1.29 is 27.9 Å². The fourth-order valence-corrected chi connectivity index (χ4v) is 5.63. The minimum Gasteiger partial charge on any atom is -0.472 e. The van der Waals surface area contributed by atoms with Gasteiger partial charge in [0.1, 0.15) is 0 Å². The van der Waals surface area contributed by atoms with E-state index in [4.69, 9.17) is 16.0 Å². The third-order valence-corrected chi connectivity index (χ3v) is 7.68. The highest BCUT2D eigenvalue weighted by atomic mass is 35.5. The van der Waals surface area contributed by atoms with Crippen LogP contribution in [0.5, 0.6) is 0 Å². The van der Waals surface area contributed by atoms with Crippen molar-refractivity contribution in [3.8, 4) is 0 Å². The molecule has 0 bridgehead atoms. The molecule has 1 aliphatic carbocycles. The van der Waals surface area contributed by atoms with Gasteiger partial charge in [-0.05, 0) is 43.0 Å². The molecule has 2 aromatic heterocycles. The minimum atomic E-state index is -2.69. The van der Waals surface area contributed by atoms with Crippen LogP contribution >= 0.6 is 11.6 Å². The van der Waals surface area contributed by atoms with Gasteiger partial charge in [-0.25, -0.2) is 8.78 Å². The van der Waals surface area contributed by atoms with Crippen molar-refractivity contribution in [1.82, 2.24) is 10.3 Å². The first-order chi connectivity index (χ1) is 17.3. The minimum absolute atomic E-state index is 0.0000938. The van der Waals surface area contributed by atoms with E-state index in [-0.39, 0.29) is 30.5 Å². The van der Waals surface area contributed by atoms with Crippen molar-refractivity contribution in [2.24, 2.45) is 11.8 Å². The topological polar surface area (TPSA) is 95.7 Å². The summed E-state index contributed by atoms with van der Waals surface area (Å²) in [5.74, 6) is -2.71. The van der Waals surface area contributed by atoms with E-state index in [1.54, 1.807) is 36.4 Å². The van der Waals surface area contributed by atoms with Crippen LogP contribution in [0.2, 0.25) is 0 Å². The van der Waals surface area contributed by atoms with Gasteiger partial charge in [0.15, 0.2) is 5.60 Å². The molecule has 2 N–H and O–H groups in total. The number of halogens is 3. The number of furan rings is 1. The maximum absolute atomic E-state index is 14.1. The number of carbonyl (C=O) groups excluding carboxylic acids is 2. The Labute approximate surface area is 211 Å². The molecule has 0 spiro atoms. The second kappa shape index (κ2) is 9.63. The Bertz CT molecular complexity index is 1240. The summed E-state index contributed by atoms with van der Waals surface area (Å²) in [6.07, 6.45) is 2.99. The molecule has 1 aromatic carbocycles. The maximum atomic E-state index is 14.1. The standard InChI is InChI=1S/C26H24ClF2N3O4/c27-20-11-21(31-24(33)15-4-3-8-30-12-15)18(23(28)29)10-16(20)13-32-22-6-2-1-5-19(22)26(35,25(32)34)17-7-9-36-14-17/h1-9,12,14,16,18,20-21,23,35H,10-11,13H2,(H,31,33)/t16-,18-,20-,21-,26+/m1/s1. The van der Waals surface area contributed by atoms with E-state index >= 15 is 0 Å². The third kappa shape index (κ3) is 4.16. The van der Waals surface area contributed by atoms with Gasteiger partial charge in [0, 0.05) is 47.4 Å². The normalized spacial score (nSPS) is 27.8. The zero-order valence-electron chi connectivity index (χ0n) is 19.1. The fraction of sp³-hybridized carbons (Fsp3) is 0.346. The van der Waals surface area contributed by atoms with Crippen LogP contribution in [0.25, 0.3) is 0 Å². The Balaban J connectivity index is 1.37. The van der Waals surface area contributed by atoms with Crippen LogP contribution in [-0.4, -0.2) is 46.3 Å². The molecule has 0 unspecified atom stereocenters. The van der Waals surface area contributed by atoms with Crippen LogP contribution < -0.4 is 10.2 Å². The molecular formula is C26H24ClF2N3O4. The summed E-state index contributed by atoms with van der Waals surface area (Å²) >= 11 is 6.68. The largest absolute Gasteiger partial charge is 0.472 e. The number of rotatable bonds is 6. The zero-order valence-corrected chi connectivity index (χ0v) is 19.8. The van der Waals surface area contributed by atoms with Crippen LogP contribution in [-0.2, 0) is 10.4 Å². The number of pyridine rings is 1. The van der Waals surface area contributed by atoms with E-state index in [0.717, 1.165) is 0 Å². The number of para-hydroxylation sites is 1. The van der Waals surface area contributed by atoms with E-state index in [1.165, 1.54) is 35.9 Å². The predicted molar refractivity (Wildman–Crippen MR) is 128 cm³/mol. The second-order valence-corrected chi connectivity index (χ2v) is 9.78. The summed E-state index contributed by atoms with van der Waals surface area (Å²) in [5, 5.41) is 13.6. The molecule has 5 atom stereocenters. The lowest BCUT2D eigenvalue weighted by atomic mass is 9.77. The van der Waals surface area contributed by atoms with Gasteiger partial charge in [-0.3, -0.25) is 14.6 Å². The predicted octanol–water partition coefficient (Wildman–Crippen LogP) is 3.95. The van der Waals surface area contributed by atoms with Crippen LogP contribution in [0.1, 0.15) is 34.3 Å². The quantitative estimate of drug-likeness (QED) is 0.485. The van der Waals surface area contributed by atoms with Crippen molar-refractivity contribution in [3.05, 3.63) is 84.1 Å². The number of alkyl halides is 3. The van der Waals surface area contributed by atoms with Crippen LogP contribution in [0.15, 0.2) is 71.8 Å². The second-order valence-electron chi connectivity index (χ2n) is 9.22. The van der Waals surface area contributed by atoms with Crippen LogP contribution in [0.3, 0.4) is 0 Å². The van der Waals surface area contributed by atoms with Gasteiger partial charge in [0.25, 0.3) is 11.8 Å². The summed E-state index contributed by atoms with van der Waals surface area (Å²) in [7, 11) is 0. The SMILES string of the molecule is O=C(N[C@@H]1C[C@@H](Cl)[C@@H](CN2C(=O)[C@](O)(c3ccoc3)c3ccccc32)C[C@H]1C(F)F)c1cccnc1. The molecule has 36 heavy (non-hydrogen) atoms. The molecule has 10 heteroatoms. The zero-order chi connectivity index (χ0) is 25.4. The first-order valence-electron chi connectivity index (χ1n) is 11.6. The molecular weight excluding hydrogens is 492 g/mol. The highest BCUT2D eigenvalue weighted by Gasteiger charge is 2.53. The molecule has 7 nitrogen and oxygen atoms in total. The van der Waals surface area contributed by atoms with Crippen LogP contribution in [0.4, 0.5) is 14.5 Å². The summed E-state index contributed by atoms with van der Waals surface area (Å²) in [6, 6.07) is 10.7. The number of hydrogen-bond acceptors (Lipinski definition) is 5. The van der Waals surface area contributed by atoms with E-state index in [1.807, 2.05) is 0 Å². The molecule has 2 amide bonds. The average molecular weight is 516 g/mol. The molecule has 3 aromatic rings. The molecule has 1 fully saturated rings. The molecule has 2 aliphatic rings. The Kier molecular flexibility index (Phi) is 6.53. The number of amides is 2. The molecule has 0 radical (unpaired) electrons. The first kappa shape index (κ1) is 24.4. The van der Waals surface area contributed by atoms with E-state index < -0.39 is 47.1 Å². The van der Waals surface area contributed by atoms with Gasteiger partial charge in [0.05, 0.1) is 23.8 Å². The van der Waals surface area contributed by atoms with Gasteiger partial charge in [-0.1, -0.05) is 18.2 Å². The Morgan fingerprint density at radius 1 is 1.25 bits per heavy atom. The molecule has 5 rings (SSSR count). The van der Waals surface area contributed by atoms with Crippen molar-refractivity contribution in [2.75, 3.05) is 11.4 Å². The number of anilines is 1. The van der Waals surface area contributed by atoms with Crippen molar-refractivity contribution in [1.29, 1.82) is 0 Å². The monoisotopic (exact) mass is 515 g/mol. The Hall–Kier alpha value is -3.30. The molecule has 188 valence electrons. The summed E-state index contributed by atoms with van der Waals surface area (Å²) in [4.78, 5) is 31.4. The van der Waals surface area contributed by atoms with E-state index in [0.29, 0.717) is 11.3 Å². The van der Waals surface area contributed by atoms with Gasteiger partial charge < -0.3 is 19.7 Å². The van der Waals surface area contributed by atoms with Gasteiger partial charge >= 0.3 is 0 Å². The number of nitrogens with one attached hydrogen (secondary N) is 1. The average Bonchev–Trinajstić information content (AvgIpc) is 3.49. The first-order valence-corrected chi connectivity index (χ1v) is 12.0. The number of aromatic nitrogens is 1. The number of aliphatic hydroxyl groups is 1. The van der Waals surface area contributed by atoms with Gasteiger partial charge in [0.2, 0.25) is 6.43 Å². The van der Waals surface area contributed by atoms with Crippen molar-refractivity contribution >= 4 is 29.1 Å². The molecule has 1 saturated carbocycles. The number of nitrogens with zero attached hydrogens (tertiary/aromatic N) is 2. The summed E-state index contributed by atoms with van der Waals surface area (Å²) < 4.78 is 33.3. The lowest BCUT2D eigenvalue weighted by molar-refractivity contribution is -0.132. The van der Waals surface area contributed by atoms with Crippen molar-refractivity contribution in [2.45, 2.75) is 36.3 Å². The van der Waals surface area contributed by atoms with E-state index in [2.05, 4.69) is 10.3 Å². The summed E-state index contributed by atoms with van der Waals surface area (Å²) in [6.45, 7) is 0.0522. The van der Waals surface area contributed by atoms with E-state index in [9.17, 15) is 23.5 Å². The smallest absolute Gasteiger partial charge is 0.268 e. The Morgan fingerprint density at radius 3 is 2.75 bits per heavy atom. The fourth-order valence-electron chi connectivity index (χ4n) is 5.25. The third-order valence-electron chi connectivity index (χ3n) is 7.14. The lowest BCUT2D eigenvalue weighted by Crippen LogP contribution is -2.52. The molecule has 1 aliphatic heterocycles. The van der Waals surface area contributed by atoms with Crippen molar-refractivity contribution in [3.63, 3.8) is 0 Å². The highest BCUT2D eigenvalue weighted by molar-refractivity contribution is 6.21. The van der Waals surface area contributed by atoms with Gasteiger partial charge in [-0.2, -0.15) is 0 Å². The number of benzene rings is 1. The number of hydrogen-bond donors (Lipinski definition) is 2. The summed E-state index contributed by atoms with van der Waals surface area (Å²) in [5.41, 5.74) is -0.489. The number of fused-ring (bicyclic) bond motifs is 1. The molecule has 0 saturated heterocycles. The molecule has 3 heterocycles. The highest BCUT2D eigenvalue weighted by Crippen LogP contribution is 2.46. The lowest BCUT2D eigenvalue weighted by Gasteiger charge is -2.40.